The quantitative estimate of drug-likeness (QED) is 0.350. The molecule has 0 fully saturated rings. The average molecular weight is 365 g/mol. The molecule has 0 bridgehead atoms. The van der Waals surface area contributed by atoms with E-state index >= 15 is 0 Å². The largest absolute Gasteiger partial charge is 0.423 e. The highest BCUT2D eigenvalue weighted by Gasteiger charge is 2.22. The van der Waals surface area contributed by atoms with Crippen LogP contribution < -0.4 is 4.74 Å². The van der Waals surface area contributed by atoms with Crippen LogP contribution in [-0.2, 0) is 11.3 Å². The molecule has 1 atom stereocenters. The van der Waals surface area contributed by atoms with Crippen molar-refractivity contribution in [2.45, 2.75) is 58.5 Å². The van der Waals surface area contributed by atoms with Crippen LogP contribution in [0.4, 0.5) is 0 Å². The molecule has 27 heavy (non-hydrogen) atoms. The van der Waals surface area contributed by atoms with Crippen molar-refractivity contribution in [1.82, 2.24) is 0 Å². The molecule has 0 radical (unpaired) electrons. The highest BCUT2D eigenvalue weighted by Crippen LogP contribution is 2.22. The lowest BCUT2D eigenvalue weighted by Gasteiger charge is -2.07. The normalized spacial score (nSPS) is 15.9. The Morgan fingerprint density at radius 3 is 2.48 bits per heavy atom. The van der Waals surface area contributed by atoms with Gasteiger partial charge in [0.25, 0.3) is 0 Å². The summed E-state index contributed by atoms with van der Waals surface area (Å²) in [5, 5.41) is 4.23. The molecule has 4 nitrogen and oxygen atoms in total. The molecule has 0 aliphatic carbocycles. The smallest absolute Gasteiger partial charge is 0.343 e. The minimum atomic E-state index is -0.354. The molecule has 0 N–H and O–H groups in total. The van der Waals surface area contributed by atoms with Crippen molar-refractivity contribution < 1.29 is 14.4 Å². The van der Waals surface area contributed by atoms with Gasteiger partial charge in [-0.2, -0.15) is 0 Å². The third-order valence-electron chi connectivity index (χ3n) is 4.86. The molecule has 0 aromatic heterocycles. The van der Waals surface area contributed by atoms with Crippen molar-refractivity contribution in [2.24, 2.45) is 5.16 Å². The van der Waals surface area contributed by atoms with Gasteiger partial charge < -0.3 is 9.57 Å². The van der Waals surface area contributed by atoms with Crippen molar-refractivity contribution >= 4 is 11.7 Å². The Bertz CT molecular complexity index is 778. The Morgan fingerprint density at radius 1 is 1.07 bits per heavy atom. The summed E-state index contributed by atoms with van der Waals surface area (Å²) >= 11 is 0. The van der Waals surface area contributed by atoms with E-state index < -0.39 is 0 Å². The van der Waals surface area contributed by atoms with Gasteiger partial charge in [0.2, 0.25) is 0 Å². The summed E-state index contributed by atoms with van der Waals surface area (Å²) in [7, 11) is 0. The van der Waals surface area contributed by atoms with Crippen molar-refractivity contribution in [3.63, 3.8) is 0 Å². The molecule has 4 heteroatoms. The van der Waals surface area contributed by atoms with E-state index in [1.54, 1.807) is 12.1 Å². The van der Waals surface area contributed by atoms with E-state index in [9.17, 15) is 4.79 Å². The van der Waals surface area contributed by atoms with Gasteiger partial charge in [-0.05, 0) is 54.7 Å². The van der Waals surface area contributed by atoms with E-state index in [1.807, 2.05) is 36.4 Å². The van der Waals surface area contributed by atoms with Crippen LogP contribution in [0.3, 0.4) is 0 Å². The maximum atomic E-state index is 12.3. The number of unbranched alkanes of at least 4 members (excludes halogenated alkanes) is 2. The van der Waals surface area contributed by atoms with Gasteiger partial charge in [0.1, 0.15) is 11.9 Å². The second-order valence-corrected chi connectivity index (χ2v) is 6.93. The first-order chi connectivity index (χ1) is 13.2. The number of esters is 1. The predicted molar refractivity (Wildman–Crippen MR) is 107 cm³/mol. The molecular formula is C23H27NO3. The molecule has 3 rings (SSSR count). The Balaban J connectivity index is 1.56. The molecule has 0 saturated heterocycles. The topological polar surface area (TPSA) is 47.9 Å². The number of aryl methyl sites for hydroxylation is 1. The van der Waals surface area contributed by atoms with Crippen LogP contribution in [0.25, 0.3) is 0 Å². The minimum absolute atomic E-state index is 0.183. The number of benzene rings is 2. The first-order valence-corrected chi connectivity index (χ1v) is 9.83. The lowest BCUT2D eigenvalue weighted by molar-refractivity contribution is 0.0734. The van der Waals surface area contributed by atoms with Crippen LogP contribution >= 0.6 is 0 Å². The van der Waals surface area contributed by atoms with Gasteiger partial charge in [-0.15, -0.1) is 0 Å². The number of ether oxygens (including phenoxy) is 1. The van der Waals surface area contributed by atoms with E-state index in [4.69, 9.17) is 9.57 Å². The Labute approximate surface area is 161 Å². The number of hydrogen-bond acceptors (Lipinski definition) is 4. The molecule has 1 heterocycles. The highest BCUT2D eigenvalue weighted by atomic mass is 16.6. The molecule has 0 spiro atoms. The van der Waals surface area contributed by atoms with Gasteiger partial charge in [-0.25, -0.2) is 4.79 Å². The molecule has 1 aliphatic heterocycles. The van der Waals surface area contributed by atoms with Crippen LogP contribution in [0, 0.1) is 0 Å². The fourth-order valence-electron chi connectivity index (χ4n) is 3.13. The van der Waals surface area contributed by atoms with Gasteiger partial charge in [0.05, 0.1) is 11.3 Å². The Kier molecular flexibility index (Phi) is 6.64. The average Bonchev–Trinajstić information content (AvgIpc) is 3.18. The zero-order valence-corrected chi connectivity index (χ0v) is 16.1. The number of carbonyl (C=O) groups is 1. The van der Waals surface area contributed by atoms with Crippen molar-refractivity contribution in [3.8, 4) is 5.75 Å². The molecule has 0 saturated carbocycles. The molecule has 1 unspecified atom stereocenters. The van der Waals surface area contributed by atoms with Crippen LogP contribution in [-0.4, -0.2) is 17.8 Å². The first-order valence-electron chi connectivity index (χ1n) is 9.83. The summed E-state index contributed by atoms with van der Waals surface area (Å²) in [6.07, 6.45) is 6.63. The maximum Gasteiger partial charge on any atom is 0.343 e. The third-order valence-corrected chi connectivity index (χ3v) is 4.86. The summed E-state index contributed by atoms with van der Waals surface area (Å²) in [5.41, 5.74) is 3.69. The number of hydrogen-bond donors (Lipinski definition) is 0. The molecule has 1 aliphatic rings. The van der Waals surface area contributed by atoms with Gasteiger partial charge in [-0.3, -0.25) is 0 Å². The number of oxime groups is 1. The van der Waals surface area contributed by atoms with Crippen molar-refractivity contribution in [3.05, 3.63) is 65.2 Å². The summed E-state index contributed by atoms with van der Waals surface area (Å²) in [6.45, 7) is 4.29. The molecular weight excluding hydrogens is 338 g/mol. The monoisotopic (exact) mass is 365 g/mol. The van der Waals surface area contributed by atoms with Crippen LogP contribution in [0.1, 0.15) is 67.4 Å². The summed E-state index contributed by atoms with van der Waals surface area (Å²) < 4.78 is 5.44. The fourth-order valence-corrected chi connectivity index (χ4v) is 3.13. The van der Waals surface area contributed by atoms with Gasteiger partial charge in [0.15, 0.2) is 0 Å². The summed E-state index contributed by atoms with van der Waals surface area (Å²) in [6, 6.07) is 15.0. The summed E-state index contributed by atoms with van der Waals surface area (Å²) in [5.74, 6) is 0.206. The first kappa shape index (κ1) is 19.2. The number of rotatable bonds is 8. The van der Waals surface area contributed by atoms with Crippen LogP contribution in [0.15, 0.2) is 53.7 Å². The second-order valence-electron chi connectivity index (χ2n) is 6.93. The van der Waals surface area contributed by atoms with Crippen LogP contribution in [0.5, 0.6) is 5.75 Å². The molecule has 2 aromatic carbocycles. The Hall–Kier alpha value is -2.62. The standard InChI is InChI=1S/C23H27NO3/c1-3-5-6-7-21-16-22(24-27-21)18-10-12-19(13-11-18)23(25)26-20-14-8-17(4-2)9-15-20/h8-15,21H,3-7,16H2,1-2H3. The Morgan fingerprint density at radius 2 is 1.81 bits per heavy atom. The molecule has 0 amide bonds. The SMILES string of the molecule is CCCCCC1CC(c2ccc(C(=O)Oc3ccc(CC)cc3)cc2)=NO1. The highest BCUT2D eigenvalue weighted by molar-refractivity contribution is 6.02. The number of carbonyl (C=O) groups excluding carboxylic acids is 1. The lowest BCUT2D eigenvalue weighted by atomic mass is 10.0. The zero-order chi connectivity index (χ0) is 19.1. The van der Waals surface area contributed by atoms with Crippen LogP contribution in [0.2, 0.25) is 0 Å². The van der Waals surface area contributed by atoms with Gasteiger partial charge in [0, 0.05) is 6.42 Å². The number of nitrogens with zero attached hydrogens (tertiary/aromatic N) is 1. The van der Waals surface area contributed by atoms with E-state index in [0.717, 1.165) is 30.5 Å². The van der Waals surface area contributed by atoms with Gasteiger partial charge in [-0.1, -0.05) is 56.1 Å². The lowest BCUT2D eigenvalue weighted by Crippen LogP contribution is -2.10. The fraction of sp³-hybridized carbons (Fsp3) is 0.391. The maximum absolute atomic E-state index is 12.3. The summed E-state index contributed by atoms with van der Waals surface area (Å²) in [4.78, 5) is 17.9. The predicted octanol–water partition coefficient (Wildman–Crippen LogP) is 5.54. The molecule has 2 aromatic rings. The van der Waals surface area contributed by atoms with E-state index in [0.29, 0.717) is 11.3 Å². The minimum Gasteiger partial charge on any atom is -0.423 e. The van der Waals surface area contributed by atoms with E-state index in [2.05, 4.69) is 19.0 Å². The zero-order valence-electron chi connectivity index (χ0n) is 16.1. The molecule has 142 valence electrons. The van der Waals surface area contributed by atoms with E-state index in [-0.39, 0.29) is 12.1 Å². The third kappa shape index (κ3) is 5.19. The van der Waals surface area contributed by atoms with Crippen molar-refractivity contribution in [1.29, 1.82) is 0 Å². The second kappa shape index (κ2) is 9.36. The van der Waals surface area contributed by atoms with E-state index in [1.165, 1.54) is 24.8 Å². The van der Waals surface area contributed by atoms with Crippen molar-refractivity contribution in [2.75, 3.05) is 0 Å². The van der Waals surface area contributed by atoms with Gasteiger partial charge >= 0.3 is 5.97 Å².